The molecule has 2 heterocycles. The molecule has 1 amide bonds. The molecule has 36 heavy (non-hydrogen) atoms. The molecule has 1 aliphatic heterocycles. The molecule has 3 aromatic rings. The molecule has 0 saturated carbocycles. The van der Waals surface area contributed by atoms with Crippen molar-refractivity contribution in [3.8, 4) is 11.5 Å². The van der Waals surface area contributed by atoms with Crippen molar-refractivity contribution < 1.29 is 28.7 Å². The standard InChI is InChI=1S/C28H31N3O5/c1-4-35-22-10-8-21(9-11-22)26(32)24-25(20-6-12-23(13-7-20)36-19(2)3)31(28(34)27(24)33)16-5-15-30-17-14-29-18-30/h6-14,17-19,25H,4-5,15-16H2,1-3H3,(H,32,33)/p+1. The van der Waals surface area contributed by atoms with E-state index in [4.69, 9.17) is 9.47 Å². The van der Waals surface area contributed by atoms with Gasteiger partial charge in [-0.05, 0) is 62.7 Å². The lowest BCUT2D eigenvalue weighted by Crippen LogP contribution is -2.36. The summed E-state index contributed by atoms with van der Waals surface area (Å²) in [6.45, 7) is 7.34. The lowest BCUT2D eigenvalue weighted by Gasteiger charge is -2.25. The van der Waals surface area contributed by atoms with Gasteiger partial charge < -0.3 is 19.5 Å². The Kier molecular flexibility index (Phi) is 7.73. The molecule has 2 aromatic carbocycles. The highest BCUT2D eigenvalue weighted by molar-refractivity contribution is 6.46. The van der Waals surface area contributed by atoms with Crippen LogP contribution in [0.1, 0.15) is 44.4 Å². The van der Waals surface area contributed by atoms with E-state index in [1.54, 1.807) is 29.2 Å². The quantitative estimate of drug-likeness (QED) is 0.194. The van der Waals surface area contributed by atoms with Gasteiger partial charge in [-0.1, -0.05) is 12.1 Å². The minimum Gasteiger partial charge on any atom is -0.507 e. The molecule has 1 aliphatic rings. The Labute approximate surface area is 210 Å². The summed E-state index contributed by atoms with van der Waals surface area (Å²) in [4.78, 5) is 30.9. The van der Waals surface area contributed by atoms with Crippen LogP contribution in [0, 0.1) is 0 Å². The zero-order valence-electron chi connectivity index (χ0n) is 20.8. The number of benzene rings is 2. The number of rotatable bonds is 10. The number of aliphatic hydroxyl groups excluding tert-OH is 1. The summed E-state index contributed by atoms with van der Waals surface area (Å²) in [5.74, 6) is -0.154. The Hall–Kier alpha value is -4.07. The molecule has 0 spiro atoms. The number of likely N-dealkylation sites (tertiary alicyclic amines) is 1. The third-order valence-corrected chi connectivity index (χ3v) is 5.96. The molecule has 0 aliphatic carbocycles. The zero-order chi connectivity index (χ0) is 25.7. The van der Waals surface area contributed by atoms with Crippen LogP contribution in [0.15, 0.2) is 72.8 Å². The van der Waals surface area contributed by atoms with Gasteiger partial charge in [-0.2, -0.15) is 0 Å². The minimum atomic E-state index is -0.708. The van der Waals surface area contributed by atoms with Crippen LogP contribution in [-0.2, 0) is 16.1 Å². The van der Waals surface area contributed by atoms with Crippen LogP contribution >= 0.6 is 0 Å². The normalized spacial score (nSPS) is 17.1. The Balaban J connectivity index is 1.69. The Bertz CT molecular complexity index is 1220. The number of nitrogens with one attached hydrogen (secondary N) is 1. The van der Waals surface area contributed by atoms with Gasteiger partial charge in [0.2, 0.25) is 6.33 Å². The summed E-state index contributed by atoms with van der Waals surface area (Å²) in [7, 11) is 0. The summed E-state index contributed by atoms with van der Waals surface area (Å²) < 4.78 is 13.2. The average molecular weight is 491 g/mol. The van der Waals surface area contributed by atoms with Crippen molar-refractivity contribution in [1.82, 2.24) is 9.88 Å². The number of H-pyrrole nitrogens is 1. The SMILES string of the molecule is CCOc1ccc(/C(O)=C2\C(=O)C(=O)N(CCC[n+]3cc[nH]c3)C2c2ccc(OC(C)C)cc2)cc1. The van der Waals surface area contributed by atoms with Gasteiger partial charge in [0.05, 0.1) is 30.9 Å². The molecule has 1 saturated heterocycles. The number of imidazole rings is 1. The van der Waals surface area contributed by atoms with Crippen LogP contribution in [0.3, 0.4) is 0 Å². The molecule has 1 atom stereocenters. The van der Waals surface area contributed by atoms with Crippen molar-refractivity contribution >= 4 is 17.4 Å². The molecule has 8 heteroatoms. The number of aromatic amines is 1. The fourth-order valence-corrected chi connectivity index (χ4v) is 4.37. The number of hydrogen-bond donors (Lipinski definition) is 2. The summed E-state index contributed by atoms with van der Waals surface area (Å²) in [5.41, 5.74) is 1.26. The van der Waals surface area contributed by atoms with Crippen LogP contribution in [-0.4, -0.2) is 45.9 Å². The Morgan fingerprint density at radius 2 is 1.78 bits per heavy atom. The molecule has 0 radical (unpaired) electrons. The summed E-state index contributed by atoms with van der Waals surface area (Å²) in [6, 6.07) is 13.5. The Morgan fingerprint density at radius 1 is 1.08 bits per heavy atom. The highest BCUT2D eigenvalue weighted by atomic mass is 16.5. The van der Waals surface area contributed by atoms with E-state index in [0.717, 1.165) is 5.56 Å². The average Bonchev–Trinajstić information content (AvgIpc) is 3.47. The number of ketones is 1. The van der Waals surface area contributed by atoms with E-state index in [1.165, 1.54) is 0 Å². The minimum absolute atomic E-state index is 0.0204. The van der Waals surface area contributed by atoms with Gasteiger partial charge in [0.1, 0.15) is 29.7 Å². The molecule has 1 aromatic heterocycles. The molecule has 4 rings (SSSR count). The second kappa shape index (κ2) is 11.1. The predicted molar refractivity (Wildman–Crippen MR) is 134 cm³/mol. The summed E-state index contributed by atoms with van der Waals surface area (Å²) in [5, 5.41) is 11.2. The van der Waals surface area contributed by atoms with E-state index < -0.39 is 17.7 Å². The number of amides is 1. The first-order valence-corrected chi connectivity index (χ1v) is 12.2. The van der Waals surface area contributed by atoms with Crippen molar-refractivity contribution in [3.05, 3.63) is 84.0 Å². The number of nitrogens with zero attached hydrogens (tertiary/aromatic N) is 2. The summed E-state index contributed by atoms with van der Waals surface area (Å²) in [6.07, 6.45) is 6.23. The van der Waals surface area contributed by atoms with Crippen LogP contribution in [0.5, 0.6) is 11.5 Å². The highest BCUT2D eigenvalue weighted by Gasteiger charge is 2.45. The number of ether oxygens (including phenoxy) is 2. The number of aliphatic hydroxyl groups is 1. The summed E-state index contributed by atoms with van der Waals surface area (Å²) >= 11 is 0. The van der Waals surface area contributed by atoms with Crippen molar-refractivity contribution in [1.29, 1.82) is 0 Å². The lowest BCUT2D eigenvalue weighted by atomic mass is 9.95. The fraction of sp³-hybridized carbons (Fsp3) is 0.321. The second-order valence-electron chi connectivity index (χ2n) is 8.89. The first kappa shape index (κ1) is 25.0. The largest absolute Gasteiger partial charge is 0.507 e. The van der Waals surface area contributed by atoms with Gasteiger partial charge >= 0.3 is 0 Å². The van der Waals surface area contributed by atoms with Crippen molar-refractivity contribution in [2.75, 3.05) is 13.2 Å². The molecule has 2 N–H and O–H groups in total. The van der Waals surface area contributed by atoms with Gasteiger partial charge in [0.15, 0.2) is 0 Å². The fourth-order valence-electron chi connectivity index (χ4n) is 4.37. The number of Topliss-reactive ketones (excluding diaryl/α,β-unsaturated/α-hetero) is 1. The van der Waals surface area contributed by atoms with E-state index >= 15 is 0 Å². The van der Waals surface area contributed by atoms with Gasteiger partial charge in [-0.25, -0.2) is 4.57 Å². The van der Waals surface area contributed by atoms with Crippen molar-refractivity contribution in [2.45, 2.75) is 45.9 Å². The first-order valence-electron chi connectivity index (χ1n) is 12.2. The number of aromatic nitrogens is 2. The first-order chi connectivity index (χ1) is 17.4. The highest BCUT2D eigenvalue weighted by Crippen LogP contribution is 2.40. The van der Waals surface area contributed by atoms with Crippen molar-refractivity contribution in [3.63, 3.8) is 0 Å². The van der Waals surface area contributed by atoms with Gasteiger partial charge in [0.25, 0.3) is 11.7 Å². The smallest absolute Gasteiger partial charge is 0.295 e. The van der Waals surface area contributed by atoms with Crippen molar-refractivity contribution in [2.24, 2.45) is 0 Å². The molecule has 1 fully saturated rings. The van der Waals surface area contributed by atoms with Crippen LogP contribution in [0.2, 0.25) is 0 Å². The maximum absolute atomic E-state index is 13.2. The van der Waals surface area contributed by atoms with E-state index in [-0.39, 0.29) is 17.4 Å². The second-order valence-corrected chi connectivity index (χ2v) is 8.89. The third kappa shape index (κ3) is 5.43. The van der Waals surface area contributed by atoms with Gasteiger partial charge in [0, 0.05) is 18.5 Å². The van der Waals surface area contributed by atoms with Gasteiger partial charge in [-0.15, -0.1) is 0 Å². The molecule has 188 valence electrons. The van der Waals surface area contributed by atoms with Gasteiger partial charge in [-0.3, -0.25) is 14.6 Å². The molecule has 0 bridgehead atoms. The maximum Gasteiger partial charge on any atom is 0.295 e. The van der Waals surface area contributed by atoms with E-state index in [2.05, 4.69) is 4.98 Å². The molecular weight excluding hydrogens is 458 g/mol. The molecule has 8 nitrogen and oxygen atoms in total. The Morgan fingerprint density at radius 3 is 2.39 bits per heavy atom. The number of hydrogen-bond acceptors (Lipinski definition) is 5. The van der Waals surface area contributed by atoms with E-state index in [0.29, 0.717) is 43.2 Å². The topological polar surface area (TPSA) is 95.7 Å². The zero-order valence-corrected chi connectivity index (χ0v) is 20.8. The van der Waals surface area contributed by atoms with Crippen LogP contribution < -0.4 is 14.0 Å². The monoisotopic (exact) mass is 490 g/mol. The van der Waals surface area contributed by atoms with E-state index in [1.807, 2.05) is 68.3 Å². The predicted octanol–water partition coefficient (Wildman–Crippen LogP) is 4.00. The maximum atomic E-state index is 13.2. The number of aryl methyl sites for hydroxylation is 1. The molecule has 1 unspecified atom stereocenters. The van der Waals surface area contributed by atoms with Crippen LogP contribution in [0.4, 0.5) is 0 Å². The number of carbonyl (C=O) groups is 2. The lowest BCUT2D eigenvalue weighted by molar-refractivity contribution is -0.695. The van der Waals surface area contributed by atoms with E-state index in [9.17, 15) is 14.7 Å². The number of carbonyl (C=O) groups excluding carboxylic acids is 2. The third-order valence-electron chi connectivity index (χ3n) is 5.96. The van der Waals surface area contributed by atoms with Crippen LogP contribution in [0.25, 0.3) is 5.76 Å². The molecular formula is C28H32N3O5+.